The smallest absolute Gasteiger partial charge is 0.328 e. The van der Waals surface area contributed by atoms with E-state index in [9.17, 15) is 4.79 Å². The number of ether oxygens (including phenoxy) is 1. The molecule has 1 heterocycles. The number of hydrogen-bond donors (Lipinski definition) is 1. The molecule has 0 aliphatic rings. The molecular weight excluding hydrogens is 322 g/mol. The number of carbonyl (C=O) groups is 1. The highest BCUT2D eigenvalue weighted by Gasteiger charge is 2.04. The Hall–Kier alpha value is -2.14. The second kappa shape index (κ2) is 6.34. The Morgan fingerprint density at radius 2 is 2.05 bits per heavy atom. The average Bonchev–Trinajstić information content (AvgIpc) is 2.41. The minimum absolute atomic E-state index is 0.500. The van der Waals surface area contributed by atoms with Crippen molar-refractivity contribution < 1.29 is 14.6 Å². The van der Waals surface area contributed by atoms with E-state index >= 15 is 0 Å². The topological polar surface area (TPSA) is 59.4 Å². The van der Waals surface area contributed by atoms with Gasteiger partial charge in [0.2, 0.25) is 5.88 Å². The van der Waals surface area contributed by atoms with E-state index in [1.165, 1.54) is 6.08 Å². The van der Waals surface area contributed by atoms with E-state index < -0.39 is 5.97 Å². The van der Waals surface area contributed by atoms with Crippen LogP contribution in [-0.2, 0) is 4.79 Å². The lowest BCUT2D eigenvalue weighted by atomic mass is 10.2. The number of halogens is 1. The van der Waals surface area contributed by atoms with E-state index in [4.69, 9.17) is 9.84 Å². The van der Waals surface area contributed by atoms with Crippen LogP contribution in [-0.4, -0.2) is 16.1 Å². The summed E-state index contributed by atoms with van der Waals surface area (Å²) in [4.78, 5) is 14.7. The van der Waals surface area contributed by atoms with Crippen molar-refractivity contribution >= 4 is 28.0 Å². The highest BCUT2D eigenvalue weighted by atomic mass is 79.9. The zero-order valence-electron chi connectivity index (χ0n) is 10.7. The number of hydrogen-bond acceptors (Lipinski definition) is 3. The molecule has 0 amide bonds. The summed E-state index contributed by atoms with van der Waals surface area (Å²) in [6.07, 6.45) is 4.14. The summed E-state index contributed by atoms with van der Waals surface area (Å²) in [5.41, 5.74) is 1.55. The number of carboxylic acids is 1. The summed E-state index contributed by atoms with van der Waals surface area (Å²) in [5.74, 6) is 0.204. The Balaban J connectivity index is 2.17. The predicted molar refractivity (Wildman–Crippen MR) is 79.9 cm³/mol. The fraction of sp³-hybridized carbons (Fsp3) is 0.0667. The van der Waals surface area contributed by atoms with Crippen LogP contribution in [0.3, 0.4) is 0 Å². The Morgan fingerprint density at radius 1 is 1.35 bits per heavy atom. The second-order valence-electron chi connectivity index (χ2n) is 4.12. The molecule has 20 heavy (non-hydrogen) atoms. The predicted octanol–water partition coefficient (Wildman–Crippen LogP) is 4.04. The minimum Gasteiger partial charge on any atom is -0.478 e. The molecule has 0 atom stereocenters. The SMILES string of the molecule is Cc1cc(/C=C/C(=O)O)cnc1Oc1ccc(Br)cc1. The van der Waals surface area contributed by atoms with Crippen molar-refractivity contribution in [1.29, 1.82) is 0 Å². The Kier molecular flexibility index (Phi) is 4.53. The lowest BCUT2D eigenvalue weighted by molar-refractivity contribution is -0.131. The summed E-state index contributed by atoms with van der Waals surface area (Å²) < 4.78 is 6.65. The van der Waals surface area contributed by atoms with Gasteiger partial charge in [-0.15, -0.1) is 0 Å². The van der Waals surface area contributed by atoms with Gasteiger partial charge in [0, 0.05) is 22.3 Å². The first-order valence-electron chi connectivity index (χ1n) is 5.85. The Labute approximate surface area is 124 Å². The molecule has 0 spiro atoms. The van der Waals surface area contributed by atoms with Crippen LogP contribution in [0.2, 0.25) is 0 Å². The molecule has 0 unspecified atom stereocenters. The van der Waals surface area contributed by atoms with E-state index in [-0.39, 0.29) is 0 Å². The van der Waals surface area contributed by atoms with Crippen molar-refractivity contribution in [2.75, 3.05) is 0 Å². The summed E-state index contributed by atoms with van der Waals surface area (Å²) >= 11 is 3.36. The first-order valence-corrected chi connectivity index (χ1v) is 6.65. The van der Waals surface area contributed by atoms with Crippen molar-refractivity contribution in [3.63, 3.8) is 0 Å². The second-order valence-corrected chi connectivity index (χ2v) is 5.03. The van der Waals surface area contributed by atoms with Gasteiger partial charge >= 0.3 is 5.97 Å². The van der Waals surface area contributed by atoms with Crippen molar-refractivity contribution in [3.05, 3.63) is 58.2 Å². The molecule has 0 bridgehead atoms. The zero-order valence-corrected chi connectivity index (χ0v) is 12.3. The fourth-order valence-corrected chi connectivity index (χ4v) is 1.83. The molecule has 0 radical (unpaired) electrons. The minimum atomic E-state index is -0.988. The molecule has 0 saturated heterocycles. The maximum Gasteiger partial charge on any atom is 0.328 e. The van der Waals surface area contributed by atoms with Crippen LogP contribution < -0.4 is 4.74 Å². The van der Waals surface area contributed by atoms with Crippen LogP contribution in [0.4, 0.5) is 0 Å². The van der Waals surface area contributed by atoms with Gasteiger partial charge in [0.25, 0.3) is 0 Å². The van der Waals surface area contributed by atoms with E-state index in [0.717, 1.165) is 16.1 Å². The van der Waals surface area contributed by atoms with Crippen molar-refractivity contribution in [1.82, 2.24) is 4.98 Å². The summed E-state index contributed by atoms with van der Waals surface area (Å²) in [5, 5.41) is 8.58. The van der Waals surface area contributed by atoms with Gasteiger partial charge in [-0.25, -0.2) is 9.78 Å². The molecule has 1 N–H and O–H groups in total. The van der Waals surface area contributed by atoms with Gasteiger partial charge in [-0.2, -0.15) is 0 Å². The molecule has 0 fully saturated rings. The molecule has 0 aliphatic heterocycles. The third-order valence-electron chi connectivity index (χ3n) is 2.50. The van der Waals surface area contributed by atoms with Crippen molar-refractivity contribution in [3.8, 4) is 11.6 Å². The van der Waals surface area contributed by atoms with E-state index in [1.54, 1.807) is 6.20 Å². The number of rotatable bonds is 4. The first-order chi connectivity index (χ1) is 9.54. The van der Waals surface area contributed by atoms with Gasteiger partial charge in [-0.1, -0.05) is 15.9 Å². The van der Waals surface area contributed by atoms with Crippen LogP contribution in [0.5, 0.6) is 11.6 Å². The third-order valence-corrected chi connectivity index (χ3v) is 3.03. The molecule has 5 heteroatoms. The van der Waals surface area contributed by atoms with Crippen LogP contribution in [0.1, 0.15) is 11.1 Å². The summed E-state index contributed by atoms with van der Waals surface area (Å²) in [7, 11) is 0. The maximum atomic E-state index is 10.5. The molecule has 1 aromatic carbocycles. The quantitative estimate of drug-likeness (QED) is 0.857. The van der Waals surface area contributed by atoms with E-state index in [0.29, 0.717) is 17.2 Å². The van der Waals surface area contributed by atoms with Gasteiger partial charge in [-0.05, 0) is 48.9 Å². The number of pyridine rings is 1. The number of carboxylic acid groups (broad SMARTS) is 1. The van der Waals surface area contributed by atoms with Gasteiger partial charge in [-0.3, -0.25) is 0 Å². The number of aromatic nitrogens is 1. The number of nitrogens with zero attached hydrogens (tertiary/aromatic N) is 1. The van der Waals surface area contributed by atoms with Gasteiger partial charge in [0.1, 0.15) is 5.75 Å². The molecule has 1 aromatic heterocycles. The highest BCUT2D eigenvalue weighted by Crippen LogP contribution is 2.24. The van der Waals surface area contributed by atoms with Gasteiger partial charge < -0.3 is 9.84 Å². The fourth-order valence-electron chi connectivity index (χ4n) is 1.56. The molecular formula is C15H12BrNO3. The van der Waals surface area contributed by atoms with Gasteiger partial charge in [0.15, 0.2) is 0 Å². The molecule has 0 saturated carbocycles. The molecule has 2 aromatic rings. The Morgan fingerprint density at radius 3 is 2.65 bits per heavy atom. The third kappa shape index (κ3) is 3.93. The monoisotopic (exact) mass is 333 g/mol. The van der Waals surface area contributed by atoms with Crippen LogP contribution in [0.15, 0.2) is 47.1 Å². The van der Waals surface area contributed by atoms with Crippen LogP contribution in [0, 0.1) is 6.92 Å². The number of aliphatic carboxylic acids is 1. The van der Waals surface area contributed by atoms with Crippen molar-refractivity contribution in [2.45, 2.75) is 6.92 Å². The molecule has 4 nitrogen and oxygen atoms in total. The Bertz CT molecular complexity index is 651. The van der Waals surface area contributed by atoms with E-state index in [1.807, 2.05) is 37.3 Å². The number of benzene rings is 1. The standard InChI is InChI=1S/C15H12BrNO3/c1-10-8-11(2-7-14(18)19)9-17-15(10)20-13-5-3-12(16)4-6-13/h2-9H,1H3,(H,18,19)/b7-2+. The lowest BCUT2D eigenvalue weighted by Crippen LogP contribution is -1.92. The van der Waals surface area contributed by atoms with Crippen LogP contribution in [0.25, 0.3) is 6.08 Å². The summed E-state index contributed by atoms with van der Waals surface area (Å²) in [6, 6.07) is 9.26. The maximum absolute atomic E-state index is 10.5. The molecule has 2 rings (SSSR count). The average molecular weight is 334 g/mol. The van der Waals surface area contributed by atoms with Crippen molar-refractivity contribution in [2.24, 2.45) is 0 Å². The summed E-state index contributed by atoms with van der Waals surface area (Å²) in [6.45, 7) is 1.86. The number of aryl methyl sites for hydroxylation is 1. The lowest BCUT2D eigenvalue weighted by Gasteiger charge is -2.08. The van der Waals surface area contributed by atoms with Gasteiger partial charge in [0.05, 0.1) is 0 Å². The highest BCUT2D eigenvalue weighted by molar-refractivity contribution is 9.10. The zero-order chi connectivity index (χ0) is 14.5. The first kappa shape index (κ1) is 14.3. The van der Waals surface area contributed by atoms with E-state index in [2.05, 4.69) is 20.9 Å². The normalized spacial score (nSPS) is 10.7. The largest absolute Gasteiger partial charge is 0.478 e. The van der Waals surface area contributed by atoms with Crippen LogP contribution >= 0.6 is 15.9 Å². The molecule has 0 aliphatic carbocycles. The molecule has 102 valence electrons.